The molecule has 0 N–H and O–H groups in total. The van der Waals surface area contributed by atoms with E-state index in [0.717, 1.165) is 37.2 Å². The molecule has 0 saturated carbocycles. The van der Waals surface area contributed by atoms with Crippen molar-refractivity contribution < 1.29 is 9.18 Å². The molecule has 0 spiro atoms. The van der Waals surface area contributed by atoms with E-state index in [1.54, 1.807) is 12.1 Å². The Kier molecular flexibility index (Phi) is 5.47. The van der Waals surface area contributed by atoms with Gasteiger partial charge < -0.3 is 4.90 Å². The lowest BCUT2D eigenvalue weighted by Crippen LogP contribution is -2.39. The zero-order valence-corrected chi connectivity index (χ0v) is 15.7. The number of carbonyl (C=O) groups excluding carboxylic acids is 1. The lowest BCUT2D eigenvalue weighted by atomic mass is 9.93. The molecule has 2 heterocycles. The van der Waals surface area contributed by atoms with Crippen molar-refractivity contribution in [2.24, 2.45) is 0 Å². The van der Waals surface area contributed by atoms with Crippen molar-refractivity contribution in [2.45, 2.75) is 25.2 Å². The highest BCUT2D eigenvalue weighted by Crippen LogP contribution is 2.27. The van der Waals surface area contributed by atoms with Crippen molar-refractivity contribution in [1.29, 1.82) is 0 Å². The van der Waals surface area contributed by atoms with Crippen molar-refractivity contribution in [3.05, 3.63) is 101 Å². The first-order valence-electron chi connectivity index (χ1n) is 9.73. The largest absolute Gasteiger partial charge is 0.338 e. The summed E-state index contributed by atoms with van der Waals surface area (Å²) in [4.78, 5) is 19.5. The summed E-state index contributed by atoms with van der Waals surface area (Å²) in [5.74, 6) is -0.133. The summed E-state index contributed by atoms with van der Waals surface area (Å²) in [5, 5.41) is 0. The number of carbonyl (C=O) groups is 1. The highest BCUT2D eigenvalue weighted by molar-refractivity contribution is 5.94. The molecule has 0 bridgehead atoms. The summed E-state index contributed by atoms with van der Waals surface area (Å²) in [6, 6.07) is 22.3. The van der Waals surface area contributed by atoms with Crippen LogP contribution in [-0.4, -0.2) is 28.9 Å². The molecule has 1 aliphatic heterocycles. The van der Waals surface area contributed by atoms with Crippen LogP contribution in [0, 0.1) is 5.82 Å². The molecule has 1 fully saturated rings. The molecular weight excluding hydrogens is 351 g/mol. The fourth-order valence-corrected chi connectivity index (χ4v) is 3.81. The average Bonchev–Trinajstić information content (AvgIpc) is 2.75. The van der Waals surface area contributed by atoms with E-state index in [4.69, 9.17) is 4.98 Å². The van der Waals surface area contributed by atoms with Crippen LogP contribution in [0.1, 0.15) is 46.1 Å². The molecule has 2 aromatic carbocycles. The number of nitrogens with zero attached hydrogens (tertiary/aromatic N) is 2. The Balaban J connectivity index is 1.48. The second-order valence-corrected chi connectivity index (χ2v) is 7.31. The summed E-state index contributed by atoms with van der Waals surface area (Å²) >= 11 is 0. The second kappa shape index (κ2) is 8.34. The number of benzene rings is 2. The number of hydrogen-bond acceptors (Lipinski definition) is 2. The Labute approximate surface area is 164 Å². The van der Waals surface area contributed by atoms with Gasteiger partial charge in [0.15, 0.2) is 0 Å². The molecule has 1 aromatic heterocycles. The maximum absolute atomic E-state index is 13.1. The third-order valence-electron chi connectivity index (χ3n) is 5.27. The van der Waals surface area contributed by atoms with E-state index in [9.17, 15) is 9.18 Å². The van der Waals surface area contributed by atoms with Crippen molar-refractivity contribution in [1.82, 2.24) is 9.88 Å². The van der Waals surface area contributed by atoms with Crippen LogP contribution in [-0.2, 0) is 6.42 Å². The molecule has 0 aliphatic carbocycles. The minimum atomic E-state index is -0.326. The van der Waals surface area contributed by atoms with E-state index in [1.807, 2.05) is 23.1 Å². The van der Waals surface area contributed by atoms with Crippen LogP contribution < -0.4 is 0 Å². The van der Waals surface area contributed by atoms with Crippen LogP contribution >= 0.6 is 0 Å². The van der Waals surface area contributed by atoms with E-state index in [2.05, 4.69) is 30.3 Å². The van der Waals surface area contributed by atoms with Crippen LogP contribution in [0.4, 0.5) is 4.39 Å². The van der Waals surface area contributed by atoms with Crippen molar-refractivity contribution >= 4 is 5.91 Å². The molecule has 1 aliphatic rings. The van der Waals surface area contributed by atoms with Gasteiger partial charge in [-0.15, -0.1) is 0 Å². The Bertz CT molecular complexity index is 940. The van der Waals surface area contributed by atoms with Crippen LogP contribution in [0.15, 0.2) is 72.8 Å². The normalized spacial score (nSPS) is 16.8. The van der Waals surface area contributed by atoms with Gasteiger partial charge in [0.05, 0.1) is 0 Å². The third-order valence-corrected chi connectivity index (χ3v) is 5.27. The van der Waals surface area contributed by atoms with Crippen LogP contribution in [0.25, 0.3) is 0 Å². The van der Waals surface area contributed by atoms with Gasteiger partial charge in [-0.3, -0.25) is 9.78 Å². The second-order valence-electron chi connectivity index (χ2n) is 7.31. The maximum atomic E-state index is 13.1. The number of hydrogen-bond donors (Lipinski definition) is 0. The molecule has 4 heteroatoms. The first-order chi connectivity index (χ1) is 13.7. The minimum Gasteiger partial charge on any atom is -0.338 e. The van der Waals surface area contributed by atoms with Crippen LogP contribution in [0.5, 0.6) is 0 Å². The van der Waals surface area contributed by atoms with Crippen LogP contribution in [0.2, 0.25) is 0 Å². The zero-order valence-electron chi connectivity index (χ0n) is 15.7. The van der Waals surface area contributed by atoms with Gasteiger partial charge in [0, 0.05) is 42.4 Å². The summed E-state index contributed by atoms with van der Waals surface area (Å²) in [6.07, 6.45) is 2.77. The van der Waals surface area contributed by atoms with Gasteiger partial charge in [-0.2, -0.15) is 0 Å². The first kappa shape index (κ1) is 18.4. The Morgan fingerprint density at radius 2 is 1.79 bits per heavy atom. The molecule has 28 heavy (non-hydrogen) atoms. The summed E-state index contributed by atoms with van der Waals surface area (Å²) < 4.78 is 13.1. The molecule has 142 valence electrons. The van der Waals surface area contributed by atoms with E-state index < -0.39 is 0 Å². The predicted molar refractivity (Wildman–Crippen MR) is 108 cm³/mol. The van der Waals surface area contributed by atoms with E-state index in [1.165, 1.54) is 17.7 Å². The fourth-order valence-electron chi connectivity index (χ4n) is 3.81. The average molecular weight is 374 g/mol. The predicted octanol–water partition coefficient (Wildman–Crippen LogP) is 4.83. The monoisotopic (exact) mass is 374 g/mol. The van der Waals surface area contributed by atoms with Gasteiger partial charge in [-0.05, 0) is 54.8 Å². The molecule has 1 saturated heterocycles. The van der Waals surface area contributed by atoms with Gasteiger partial charge in [-0.25, -0.2) is 4.39 Å². The number of aromatic nitrogens is 1. The molecular formula is C24H23FN2O. The standard InChI is InChI=1S/C24H23FN2O/c25-21-13-11-19(12-14-21)24(28)27-15-5-8-20(17-27)23-10-4-9-22(26-23)16-18-6-2-1-3-7-18/h1-4,6-7,9-14,20H,5,8,15-17H2. The number of halogens is 1. The number of amides is 1. The zero-order chi connectivity index (χ0) is 19.3. The molecule has 1 amide bonds. The minimum absolute atomic E-state index is 0.0369. The molecule has 1 atom stereocenters. The van der Waals surface area contributed by atoms with Crippen molar-refractivity contribution in [2.75, 3.05) is 13.1 Å². The number of piperidine rings is 1. The van der Waals surface area contributed by atoms with Crippen molar-refractivity contribution in [3.8, 4) is 0 Å². The Morgan fingerprint density at radius 3 is 2.57 bits per heavy atom. The smallest absolute Gasteiger partial charge is 0.253 e. The lowest BCUT2D eigenvalue weighted by Gasteiger charge is -2.32. The summed E-state index contributed by atoms with van der Waals surface area (Å²) in [5.41, 5.74) is 3.87. The SMILES string of the molecule is O=C(c1ccc(F)cc1)N1CCCC(c2cccc(Cc3ccccc3)n2)C1. The molecule has 4 rings (SSSR count). The van der Waals surface area contributed by atoms with Crippen LogP contribution in [0.3, 0.4) is 0 Å². The topological polar surface area (TPSA) is 33.2 Å². The number of likely N-dealkylation sites (tertiary alicyclic amines) is 1. The molecule has 3 aromatic rings. The highest BCUT2D eigenvalue weighted by Gasteiger charge is 2.26. The first-order valence-corrected chi connectivity index (χ1v) is 9.73. The van der Waals surface area contributed by atoms with Gasteiger partial charge >= 0.3 is 0 Å². The van der Waals surface area contributed by atoms with Gasteiger partial charge in [0.25, 0.3) is 5.91 Å². The molecule has 3 nitrogen and oxygen atoms in total. The quantitative estimate of drug-likeness (QED) is 0.655. The number of rotatable bonds is 4. The summed E-state index contributed by atoms with van der Waals surface area (Å²) in [6.45, 7) is 1.38. The van der Waals surface area contributed by atoms with E-state index in [-0.39, 0.29) is 17.6 Å². The molecule has 0 radical (unpaired) electrons. The van der Waals surface area contributed by atoms with Gasteiger partial charge in [0.1, 0.15) is 5.82 Å². The lowest BCUT2D eigenvalue weighted by molar-refractivity contribution is 0.0706. The maximum Gasteiger partial charge on any atom is 0.253 e. The summed E-state index contributed by atoms with van der Waals surface area (Å²) in [7, 11) is 0. The van der Waals surface area contributed by atoms with E-state index in [0.29, 0.717) is 12.1 Å². The Hall–Kier alpha value is -3.01. The number of pyridine rings is 1. The van der Waals surface area contributed by atoms with Gasteiger partial charge in [-0.1, -0.05) is 36.4 Å². The van der Waals surface area contributed by atoms with Gasteiger partial charge in [0.2, 0.25) is 0 Å². The fraction of sp³-hybridized carbons (Fsp3) is 0.250. The molecule has 1 unspecified atom stereocenters. The third kappa shape index (κ3) is 4.28. The van der Waals surface area contributed by atoms with E-state index >= 15 is 0 Å². The highest BCUT2D eigenvalue weighted by atomic mass is 19.1. The van der Waals surface area contributed by atoms with Crippen molar-refractivity contribution in [3.63, 3.8) is 0 Å². The Morgan fingerprint density at radius 1 is 1.00 bits per heavy atom.